The molecule has 0 saturated carbocycles. The number of ether oxygens (including phenoxy) is 3. The molecule has 2 fully saturated rings. The molecule has 0 bridgehead atoms. The van der Waals surface area contributed by atoms with Gasteiger partial charge in [-0.15, -0.1) is 12.4 Å². The SMILES string of the molecule is CC(CCN1CCOCC1)OC(=O)C1(c2ccccc2)CCOCC1.Cl. The minimum absolute atomic E-state index is 0. The lowest BCUT2D eigenvalue weighted by Gasteiger charge is -2.36. The number of hydrogen-bond donors (Lipinski definition) is 0. The normalized spacial score (nSPS) is 21.4. The number of esters is 1. The van der Waals surface area contributed by atoms with Crippen molar-refractivity contribution in [3.05, 3.63) is 35.9 Å². The van der Waals surface area contributed by atoms with E-state index in [0.717, 1.165) is 44.8 Å². The molecule has 26 heavy (non-hydrogen) atoms. The Balaban J connectivity index is 0.00000243. The fraction of sp³-hybridized carbons (Fsp3) is 0.650. The Bertz CT molecular complexity index is 542. The standard InChI is InChI=1S/C20H29NO4.ClH/c1-17(7-10-21-11-15-24-16-12-21)25-19(22)20(8-13-23-14-9-20)18-5-3-2-4-6-18;/h2-6,17H,7-16H2,1H3;1H. The van der Waals surface area contributed by atoms with E-state index in [4.69, 9.17) is 14.2 Å². The monoisotopic (exact) mass is 383 g/mol. The Hall–Kier alpha value is -1.14. The van der Waals surface area contributed by atoms with Crippen LogP contribution in [0.2, 0.25) is 0 Å². The molecule has 2 heterocycles. The van der Waals surface area contributed by atoms with Gasteiger partial charge in [0.1, 0.15) is 6.10 Å². The number of halogens is 1. The number of benzene rings is 1. The molecule has 2 aliphatic heterocycles. The van der Waals surface area contributed by atoms with Gasteiger partial charge in [0, 0.05) is 32.8 Å². The smallest absolute Gasteiger partial charge is 0.317 e. The third-order valence-corrected chi connectivity index (χ3v) is 5.33. The van der Waals surface area contributed by atoms with Crippen molar-refractivity contribution in [3.8, 4) is 0 Å². The van der Waals surface area contributed by atoms with Gasteiger partial charge in [0.25, 0.3) is 0 Å². The van der Waals surface area contributed by atoms with Crippen molar-refractivity contribution in [2.75, 3.05) is 46.1 Å². The summed E-state index contributed by atoms with van der Waals surface area (Å²) in [5.74, 6) is -0.100. The Morgan fingerprint density at radius 3 is 2.38 bits per heavy atom. The highest BCUT2D eigenvalue weighted by Gasteiger charge is 2.43. The quantitative estimate of drug-likeness (QED) is 0.707. The van der Waals surface area contributed by atoms with Crippen LogP contribution in [0.1, 0.15) is 31.7 Å². The highest BCUT2D eigenvalue weighted by molar-refractivity contribution is 5.85. The lowest BCUT2D eigenvalue weighted by atomic mass is 9.74. The molecule has 0 aliphatic carbocycles. The number of morpholine rings is 1. The van der Waals surface area contributed by atoms with E-state index < -0.39 is 5.41 Å². The van der Waals surface area contributed by atoms with Crippen molar-refractivity contribution in [1.29, 1.82) is 0 Å². The average Bonchev–Trinajstić information content (AvgIpc) is 2.68. The minimum atomic E-state index is -0.563. The summed E-state index contributed by atoms with van der Waals surface area (Å²) >= 11 is 0. The van der Waals surface area contributed by atoms with Crippen LogP contribution >= 0.6 is 12.4 Å². The zero-order chi connectivity index (χ0) is 17.5. The molecule has 5 nitrogen and oxygen atoms in total. The second-order valence-corrected chi connectivity index (χ2v) is 7.02. The molecule has 2 aliphatic rings. The van der Waals surface area contributed by atoms with E-state index in [1.54, 1.807) is 0 Å². The maximum absolute atomic E-state index is 13.1. The van der Waals surface area contributed by atoms with Gasteiger partial charge in [-0.2, -0.15) is 0 Å². The first kappa shape index (κ1) is 21.2. The van der Waals surface area contributed by atoms with Crippen LogP contribution in [-0.2, 0) is 24.4 Å². The highest BCUT2D eigenvalue weighted by atomic mass is 35.5. The zero-order valence-corrected chi connectivity index (χ0v) is 16.3. The van der Waals surface area contributed by atoms with Crippen molar-refractivity contribution < 1.29 is 19.0 Å². The van der Waals surface area contributed by atoms with Crippen LogP contribution in [0.4, 0.5) is 0 Å². The third-order valence-electron chi connectivity index (χ3n) is 5.33. The Kier molecular flexibility index (Phi) is 8.35. The molecule has 0 aromatic heterocycles. The van der Waals surface area contributed by atoms with Crippen LogP contribution in [0, 0.1) is 0 Å². The van der Waals surface area contributed by atoms with Crippen molar-refractivity contribution in [2.45, 2.75) is 37.7 Å². The predicted octanol–water partition coefficient (Wildman–Crippen LogP) is 2.81. The molecule has 1 aromatic rings. The van der Waals surface area contributed by atoms with E-state index in [1.165, 1.54) is 0 Å². The fourth-order valence-corrected chi connectivity index (χ4v) is 3.63. The summed E-state index contributed by atoms with van der Waals surface area (Å²) in [6, 6.07) is 10.0. The van der Waals surface area contributed by atoms with Gasteiger partial charge in [0.15, 0.2) is 0 Å². The number of carbonyl (C=O) groups excluding carboxylic acids is 1. The Morgan fingerprint density at radius 2 is 1.73 bits per heavy atom. The van der Waals surface area contributed by atoms with Gasteiger partial charge >= 0.3 is 5.97 Å². The summed E-state index contributed by atoms with van der Waals surface area (Å²) in [5.41, 5.74) is 0.482. The second kappa shape index (κ2) is 10.3. The van der Waals surface area contributed by atoms with Gasteiger partial charge in [-0.25, -0.2) is 0 Å². The topological polar surface area (TPSA) is 48.0 Å². The van der Waals surface area contributed by atoms with Crippen LogP contribution in [-0.4, -0.2) is 63.0 Å². The van der Waals surface area contributed by atoms with Gasteiger partial charge in [-0.3, -0.25) is 9.69 Å². The minimum Gasteiger partial charge on any atom is -0.462 e. The van der Waals surface area contributed by atoms with Crippen molar-refractivity contribution in [2.24, 2.45) is 0 Å². The molecule has 2 saturated heterocycles. The number of nitrogens with zero attached hydrogens (tertiary/aromatic N) is 1. The van der Waals surface area contributed by atoms with Crippen LogP contribution in [0.25, 0.3) is 0 Å². The molecule has 0 radical (unpaired) electrons. The van der Waals surface area contributed by atoms with Crippen molar-refractivity contribution in [3.63, 3.8) is 0 Å². The predicted molar refractivity (Wildman–Crippen MR) is 103 cm³/mol. The van der Waals surface area contributed by atoms with E-state index >= 15 is 0 Å². The molecule has 146 valence electrons. The van der Waals surface area contributed by atoms with Crippen molar-refractivity contribution in [1.82, 2.24) is 4.90 Å². The zero-order valence-electron chi connectivity index (χ0n) is 15.5. The summed E-state index contributed by atoms with van der Waals surface area (Å²) in [4.78, 5) is 15.4. The van der Waals surface area contributed by atoms with Gasteiger partial charge in [0.05, 0.1) is 18.6 Å². The third kappa shape index (κ3) is 5.19. The van der Waals surface area contributed by atoms with Crippen LogP contribution in [0.15, 0.2) is 30.3 Å². The first-order chi connectivity index (χ1) is 12.2. The van der Waals surface area contributed by atoms with E-state index in [2.05, 4.69) is 4.90 Å². The molecular weight excluding hydrogens is 354 g/mol. The van der Waals surface area contributed by atoms with Gasteiger partial charge in [0.2, 0.25) is 0 Å². The van der Waals surface area contributed by atoms with Gasteiger partial charge in [-0.1, -0.05) is 30.3 Å². The first-order valence-electron chi connectivity index (χ1n) is 9.35. The molecule has 0 amide bonds. The molecule has 0 N–H and O–H groups in total. The van der Waals surface area contributed by atoms with Crippen LogP contribution in [0.3, 0.4) is 0 Å². The largest absolute Gasteiger partial charge is 0.462 e. The molecule has 3 rings (SSSR count). The summed E-state index contributed by atoms with van der Waals surface area (Å²) in [6.45, 7) is 7.67. The number of hydrogen-bond acceptors (Lipinski definition) is 5. The second-order valence-electron chi connectivity index (χ2n) is 7.02. The first-order valence-corrected chi connectivity index (χ1v) is 9.35. The van der Waals surface area contributed by atoms with Crippen LogP contribution in [0.5, 0.6) is 0 Å². The van der Waals surface area contributed by atoms with E-state index in [1.807, 2.05) is 37.3 Å². The van der Waals surface area contributed by atoms with E-state index in [9.17, 15) is 4.79 Å². The Morgan fingerprint density at radius 1 is 1.12 bits per heavy atom. The number of rotatable bonds is 6. The van der Waals surface area contributed by atoms with Gasteiger partial charge < -0.3 is 14.2 Å². The number of carbonyl (C=O) groups is 1. The summed E-state index contributed by atoms with van der Waals surface area (Å²) < 4.78 is 16.8. The van der Waals surface area contributed by atoms with E-state index in [-0.39, 0.29) is 24.5 Å². The van der Waals surface area contributed by atoms with E-state index in [0.29, 0.717) is 26.1 Å². The summed E-state index contributed by atoms with van der Waals surface area (Å²) in [7, 11) is 0. The summed E-state index contributed by atoms with van der Waals surface area (Å²) in [5, 5.41) is 0. The molecule has 1 aromatic carbocycles. The lowest BCUT2D eigenvalue weighted by molar-refractivity contribution is -0.160. The lowest BCUT2D eigenvalue weighted by Crippen LogP contribution is -2.44. The maximum Gasteiger partial charge on any atom is 0.317 e. The molecule has 1 atom stereocenters. The molecule has 6 heteroatoms. The molecule has 1 unspecified atom stereocenters. The Labute approximate surface area is 162 Å². The highest BCUT2D eigenvalue weighted by Crippen LogP contribution is 2.36. The van der Waals surface area contributed by atoms with Crippen LogP contribution < -0.4 is 0 Å². The molecule has 0 spiro atoms. The summed E-state index contributed by atoms with van der Waals surface area (Å²) in [6.07, 6.45) is 2.14. The van der Waals surface area contributed by atoms with Gasteiger partial charge in [-0.05, 0) is 31.7 Å². The molecular formula is C20H30ClNO4. The fourth-order valence-electron chi connectivity index (χ4n) is 3.63. The van der Waals surface area contributed by atoms with Crippen molar-refractivity contribution >= 4 is 18.4 Å². The average molecular weight is 384 g/mol. The maximum atomic E-state index is 13.1.